The number of fused-ring (bicyclic) bond motifs is 1. The molecule has 33 heavy (non-hydrogen) atoms. The van der Waals surface area contributed by atoms with Crippen LogP contribution in [-0.4, -0.2) is 32.1 Å². The predicted molar refractivity (Wildman–Crippen MR) is 131 cm³/mol. The van der Waals surface area contributed by atoms with Crippen molar-refractivity contribution in [3.8, 4) is 23.0 Å². The molecule has 0 bridgehead atoms. The van der Waals surface area contributed by atoms with Gasteiger partial charge in [-0.2, -0.15) is 0 Å². The lowest BCUT2D eigenvalue weighted by molar-refractivity contribution is 0.0987. The van der Waals surface area contributed by atoms with E-state index in [2.05, 4.69) is 20.9 Å². The van der Waals surface area contributed by atoms with Gasteiger partial charge in [-0.05, 0) is 48.5 Å². The van der Waals surface area contributed by atoms with Gasteiger partial charge in [-0.3, -0.25) is 4.79 Å². The van der Waals surface area contributed by atoms with Gasteiger partial charge in [-0.15, -0.1) is 0 Å². The summed E-state index contributed by atoms with van der Waals surface area (Å²) in [7, 11) is 4.53. The molecule has 0 aliphatic carbocycles. The molecule has 0 spiro atoms. The first kappa shape index (κ1) is 22.5. The Labute approximate surface area is 199 Å². The summed E-state index contributed by atoms with van der Waals surface area (Å²) >= 11 is 3.42. The van der Waals surface area contributed by atoms with Gasteiger partial charge in [0, 0.05) is 32.7 Å². The molecule has 1 aromatic heterocycles. The molecule has 0 atom stereocenters. The molecule has 1 heterocycles. The highest BCUT2D eigenvalue weighted by Gasteiger charge is 2.21. The Kier molecular flexibility index (Phi) is 6.70. The number of carbonyl (C=O) groups is 1. The first-order valence-corrected chi connectivity index (χ1v) is 10.9. The summed E-state index contributed by atoms with van der Waals surface area (Å²) < 4.78 is 23.2. The lowest BCUT2D eigenvalue weighted by atomic mass is 10.1. The third-order valence-electron chi connectivity index (χ3n) is 5.10. The number of nitrogens with one attached hydrogen (secondary N) is 1. The van der Waals surface area contributed by atoms with Crippen LogP contribution in [0.2, 0.25) is 0 Å². The average molecular weight is 508 g/mol. The van der Waals surface area contributed by atoms with Crippen molar-refractivity contribution in [1.82, 2.24) is 4.98 Å². The number of hydrogen-bond acceptors (Lipinski definition) is 5. The molecule has 0 saturated heterocycles. The number of aromatic nitrogens is 1. The molecule has 7 heteroatoms. The largest absolute Gasteiger partial charge is 0.493 e. The number of allylic oxidation sites excluding steroid dienone is 1. The summed E-state index contributed by atoms with van der Waals surface area (Å²) in [5, 5.41) is 0.979. The Morgan fingerprint density at radius 3 is 2.21 bits per heavy atom. The van der Waals surface area contributed by atoms with E-state index in [9.17, 15) is 4.79 Å². The number of benzene rings is 3. The maximum atomic E-state index is 13.6. The minimum absolute atomic E-state index is 0.149. The number of rotatable bonds is 8. The monoisotopic (exact) mass is 507 g/mol. The van der Waals surface area contributed by atoms with Crippen molar-refractivity contribution in [2.75, 3.05) is 21.3 Å². The second kappa shape index (κ2) is 9.83. The van der Waals surface area contributed by atoms with Crippen LogP contribution in [0.1, 0.15) is 15.9 Å². The maximum Gasteiger partial charge on any atom is 0.228 e. The summed E-state index contributed by atoms with van der Waals surface area (Å²) in [5.74, 6) is 1.53. The van der Waals surface area contributed by atoms with E-state index in [0.29, 0.717) is 28.6 Å². The number of ketones is 1. The molecule has 4 aromatic rings. The zero-order chi connectivity index (χ0) is 23.4. The summed E-state index contributed by atoms with van der Waals surface area (Å²) in [5.41, 5.74) is 2.14. The minimum atomic E-state index is -0.331. The second-order valence-corrected chi connectivity index (χ2v) is 8.01. The normalized spacial score (nSPS) is 11.3. The van der Waals surface area contributed by atoms with Gasteiger partial charge in [-0.1, -0.05) is 34.1 Å². The maximum absolute atomic E-state index is 13.6. The molecule has 0 fully saturated rings. The molecule has 3 aromatic carbocycles. The predicted octanol–water partition coefficient (Wildman–Crippen LogP) is 6.26. The number of carbonyl (C=O) groups excluding carboxylic acids is 1. The number of para-hydroxylation sites is 1. The minimum Gasteiger partial charge on any atom is -0.493 e. The fourth-order valence-electron chi connectivity index (χ4n) is 3.48. The fourth-order valence-corrected chi connectivity index (χ4v) is 3.74. The van der Waals surface area contributed by atoms with Crippen molar-refractivity contribution in [3.63, 3.8) is 0 Å². The second-order valence-electron chi connectivity index (χ2n) is 7.10. The van der Waals surface area contributed by atoms with Gasteiger partial charge in [0.1, 0.15) is 5.75 Å². The smallest absolute Gasteiger partial charge is 0.228 e. The van der Waals surface area contributed by atoms with Gasteiger partial charge in [0.2, 0.25) is 11.5 Å². The van der Waals surface area contributed by atoms with E-state index < -0.39 is 0 Å². The van der Waals surface area contributed by atoms with Crippen molar-refractivity contribution in [2.45, 2.75) is 0 Å². The first-order chi connectivity index (χ1) is 16.0. The SMILES string of the molecule is COc1cc(C(=O)C(=Cc2c[nH]c3ccccc23)Oc2ccc(Br)cc2)cc(OC)c1OC. The lowest BCUT2D eigenvalue weighted by Gasteiger charge is -2.15. The van der Waals surface area contributed by atoms with Crippen LogP contribution < -0.4 is 18.9 Å². The van der Waals surface area contributed by atoms with Crippen LogP contribution >= 0.6 is 15.9 Å². The van der Waals surface area contributed by atoms with Crippen molar-refractivity contribution < 1.29 is 23.7 Å². The van der Waals surface area contributed by atoms with Gasteiger partial charge in [0.05, 0.1) is 21.3 Å². The summed E-state index contributed by atoms with van der Waals surface area (Å²) in [4.78, 5) is 16.9. The van der Waals surface area contributed by atoms with E-state index in [1.165, 1.54) is 21.3 Å². The van der Waals surface area contributed by atoms with Crippen molar-refractivity contribution in [3.05, 3.63) is 88.2 Å². The van der Waals surface area contributed by atoms with E-state index >= 15 is 0 Å². The van der Waals surface area contributed by atoms with Crippen LogP contribution in [0.5, 0.6) is 23.0 Å². The van der Waals surface area contributed by atoms with Crippen molar-refractivity contribution in [1.29, 1.82) is 0 Å². The van der Waals surface area contributed by atoms with Crippen LogP contribution in [0.4, 0.5) is 0 Å². The molecule has 0 aliphatic rings. The van der Waals surface area contributed by atoms with Crippen molar-refractivity contribution in [2.24, 2.45) is 0 Å². The summed E-state index contributed by atoms with van der Waals surface area (Å²) in [6.45, 7) is 0. The Balaban J connectivity index is 1.82. The van der Waals surface area contributed by atoms with Gasteiger partial charge in [-0.25, -0.2) is 0 Å². The fraction of sp³-hybridized carbons (Fsp3) is 0.115. The molecule has 0 radical (unpaired) electrons. The molecular formula is C26H22BrNO5. The highest BCUT2D eigenvalue weighted by molar-refractivity contribution is 9.10. The molecule has 0 unspecified atom stereocenters. The zero-order valence-electron chi connectivity index (χ0n) is 18.3. The lowest BCUT2D eigenvalue weighted by Crippen LogP contribution is -2.10. The quantitative estimate of drug-likeness (QED) is 0.173. The number of aromatic amines is 1. The average Bonchev–Trinajstić information content (AvgIpc) is 3.26. The third-order valence-corrected chi connectivity index (χ3v) is 5.63. The van der Waals surface area contributed by atoms with Crippen LogP contribution in [0, 0.1) is 0 Å². The zero-order valence-corrected chi connectivity index (χ0v) is 19.9. The Hall–Kier alpha value is -3.71. The van der Waals surface area contributed by atoms with Gasteiger partial charge in [0.15, 0.2) is 17.3 Å². The molecule has 6 nitrogen and oxygen atoms in total. The third kappa shape index (κ3) is 4.73. The molecule has 0 aliphatic heterocycles. The number of methoxy groups -OCH3 is 3. The molecule has 0 saturated carbocycles. The number of ether oxygens (including phenoxy) is 4. The van der Waals surface area contributed by atoms with Crippen molar-refractivity contribution >= 4 is 38.7 Å². The molecule has 1 N–H and O–H groups in total. The number of hydrogen-bond donors (Lipinski definition) is 1. The van der Waals surface area contributed by atoms with Crippen LogP contribution in [0.3, 0.4) is 0 Å². The van der Waals surface area contributed by atoms with E-state index in [4.69, 9.17) is 18.9 Å². The summed E-state index contributed by atoms with van der Waals surface area (Å²) in [6.07, 6.45) is 3.57. The van der Waals surface area contributed by atoms with E-state index in [-0.39, 0.29) is 11.5 Å². The molecule has 4 rings (SSSR count). The van der Waals surface area contributed by atoms with Crippen LogP contribution in [0.25, 0.3) is 17.0 Å². The highest BCUT2D eigenvalue weighted by Crippen LogP contribution is 2.39. The Morgan fingerprint density at radius 1 is 0.909 bits per heavy atom. The number of halogens is 1. The molecular weight excluding hydrogens is 486 g/mol. The highest BCUT2D eigenvalue weighted by atomic mass is 79.9. The van der Waals surface area contributed by atoms with E-state index in [0.717, 1.165) is 20.9 Å². The standard InChI is InChI=1S/C26H22BrNO5/c1-30-23-12-16(13-24(31-2)26(23)32-3)25(29)22(33-19-10-8-18(27)9-11-19)14-17-15-28-21-7-5-4-6-20(17)21/h4-15,28H,1-3H3. The molecule has 168 valence electrons. The first-order valence-electron chi connectivity index (χ1n) is 10.1. The van der Waals surface area contributed by atoms with Crippen LogP contribution in [0.15, 0.2) is 77.1 Å². The number of Topliss-reactive ketones (excluding diaryl/α,β-unsaturated/α-hetero) is 1. The Morgan fingerprint density at radius 2 is 1.58 bits per heavy atom. The summed E-state index contributed by atoms with van der Waals surface area (Å²) in [6, 6.07) is 18.4. The van der Waals surface area contributed by atoms with Gasteiger partial charge >= 0.3 is 0 Å². The molecule has 0 amide bonds. The van der Waals surface area contributed by atoms with Gasteiger partial charge < -0.3 is 23.9 Å². The van der Waals surface area contributed by atoms with E-state index in [1.807, 2.05) is 42.6 Å². The van der Waals surface area contributed by atoms with Gasteiger partial charge in [0.25, 0.3) is 0 Å². The van der Waals surface area contributed by atoms with Crippen LogP contribution in [-0.2, 0) is 0 Å². The Bertz CT molecular complexity index is 1300. The topological polar surface area (TPSA) is 69.8 Å². The van der Waals surface area contributed by atoms with E-state index in [1.54, 1.807) is 30.3 Å². The number of H-pyrrole nitrogens is 1.